The van der Waals surface area contributed by atoms with Gasteiger partial charge in [0.15, 0.2) is 0 Å². The highest BCUT2D eigenvalue weighted by molar-refractivity contribution is 6.30. The fourth-order valence-corrected chi connectivity index (χ4v) is 2.22. The molecule has 0 aromatic carbocycles. The summed E-state index contributed by atoms with van der Waals surface area (Å²) in [5, 5.41) is 7.29. The van der Waals surface area contributed by atoms with Crippen molar-refractivity contribution >= 4 is 23.4 Å². The van der Waals surface area contributed by atoms with Gasteiger partial charge in [0.1, 0.15) is 6.04 Å². The molecule has 23 heavy (non-hydrogen) atoms. The predicted molar refractivity (Wildman–Crippen MR) is 91.0 cm³/mol. The summed E-state index contributed by atoms with van der Waals surface area (Å²) in [5.41, 5.74) is 0. The molecule has 1 heterocycles. The standard InChI is InChI=1S/C16H23ClN4O2/c1-5-7-20(8-6-2)16(23)13(4)19-15(22)12(3)10-21-11-14(17)9-18-21/h5-6,9,11-13H,1-2,7-8,10H2,3-4H3,(H,19,22). The van der Waals surface area contributed by atoms with Crippen LogP contribution in [0.5, 0.6) is 0 Å². The van der Waals surface area contributed by atoms with Gasteiger partial charge < -0.3 is 10.2 Å². The quantitative estimate of drug-likeness (QED) is 0.699. The largest absolute Gasteiger partial charge is 0.344 e. The highest BCUT2D eigenvalue weighted by Crippen LogP contribution is 2.08. The Morgan fingerprint density at radius 3 is 2.48 bits per heavy atom. The third-order valence-corrected chi connectivity index (χ3v) is 3.45. The molecule has 126 valence electrons. The van der Waals surface area contributed by atoms with Crippen LogP contribution in [0.25, 0.3) is 0 Å². The highest BCUT2D eigenvalue weighted by Gasteiger charge is 2.23. The van der Waals surface area contributed by atoms with Gasteiger partial charge in [0.05, 0.1) is 23.7 Å². The molecule has 0 radical (unpaired) electrons. The summed E-state index contributed by atoms with van der Waals surface area (Å²) < 4.78 is 1.60. The van der Waals surface area contributed by atoms with Gasteiger partial charge in [0.25, 0.3) is 0 Å². The zero-order valence-electron chi connectivity index (χ0n) is 13.5. The van der Waals surface area contributed by atoms with E-state index in [-0.39, 0.29) is 17.7 Å². The number of halogens is 1. The van der Waals surface area contributed by atoms with Crippen molar-refractivity contribution in [1.29, 1.82) is 0 Å². The molecule has 2 unspecified atom stereocenters. The Morgan fingerprint density at radius 1 is 1.39 bits per heavy atom. The summed E-state index contributed by atoms with van der Waals surface area (Å²) in [6.07, 6.45) is 6.44. The summed E-state index contributed by atoms with van der Waals surface area (Å²) in [4.78, 5) is 26.1. The second-order valence-electron chi connectivity index (χ2n) is 5.33. The minimum atomic E-state index is -0.619. The van der Waals surface area contributed by atoms with Crippen molar-refractivity contribution in [3.05, 3.63) is 42.7 Å². The SMILES string of the molecule is C=CCN(CC=C)C(=O)C(C)NC(=O)C(C)Cn1cc(Cl)cn1. The van der Waals surface area contributed by atoms with Crippen LogP contribution in [0.2, 0.25) is 5.02 Å². The number of nitrogens with one attached hydrogen (secondary N) is 1. The number of carbonyl (C=O) groups is 2. The lowest BCUT2D eigenvalue weighted by Gasteiger charge is -2.24. The van der Waals surface area contributed by atoms with Gasteiger partial charge in [-0.05, 0) is 6.92 Å². The summed E-state index contributed by atoms with van der Waals surface area (Å²) in [5.74, 6) is -0.726. The van der Waals surface area contributed by atoms with E-state index in [0.29, 0.717) is 24.7 Å². The maximum Gasteiger partial charge on any atom is 0.245 e. The van der Waals surface area contributed by atoms with E-state index >= 15 is 0 Å². The average molecular weight is 339 g/mol. The molecule has 0 saturated heterocycles. The van der Waals surface area contributed by atoms with Gasteiger partial charge in [0, 0.05) is 19.3 Å². The lowest BCUT2D eigenvalue weighted by molar-refractivity contribution is -0.136. The molecule has 0 fully saturated rings. The molecule has 1 aromatic heterocycles. The first-order valence-corrected chi connectivity index (χ1v) is 7.75. The van der Waals surface area contributed by atoms with Gasteiger partial charge in [-0.3, -0.25) is 14.3 Å². The molecule has 7 heteroatoms. The van der Waals surface area contributed by atoms with E-state index in [1.807, 2.05) is 0 Å². The van der Waals surface area contributed by atoms with Crippen LogP contribution in [-0.4, -0.2) is 45.6 Å². The van der Waals surface area contributed by atoms with Gasteiger partial charge in [-0.15, -0.1) is 13.2 Å². The molecule has 0 aliphatic heterocycles. The first kappa shape index (κ1) is 19.0. The van der Waals surface area contributed by atoms with Crippen LogP contribution in [-0.2, 0) is 16.1 Å². The fourth-order valence-electron chi connectivity index (χ4n) is 2.06. The van der Waals surface area contributed by atoms with Crippen LogP contribution >= 0.6 is 11.6 Å². The van der Waals surface area contributed by atoms with Crippen LogP contribution in [0.15, 0.2) is 37.7 Å². The van der Waals surface area contributed by atoms with Crippen LogP contribution in [0, 0.1) is 5.92 Å². The van der Waals surface area contributed by atoms with E-state index in [2.05, 4.69) is 23.6 Å². The Balaban J connectivity index is 2.58. The summed E-state index contributed by atoms with van der Waals surface area (Å²) >= 11 is 5.79. The molecule has 2 amide bonds. The first-order valence-electron chi connectivity index (χ1n) is 7.38. The monoisotopic (exact) mass is 338 g/mol. The number of amides is 2. The Morgan fingerprint density at radius 2 is 2.00 bits per heavy atom. The molecular formula is C16H23ClN4O2. The number of nitrogens with zero attached hydrogens (tertiary/aromatic N) is 3. The minimum Gasteiger partial charge on any atom is -0.344 e. The average Bonchev–Trinajstić information content (AvgIpc) is 2.91. The third-order valence-electron chi connectivity index (χ3n) is 3.25. The van der Waals surface area contributed by atoms with E-state index in [1.54, 1.807) is 41.8 Å². The molecule has 0 spiro atoms. The van der Waals surface area contributed by atoms with E-state index in [9.17, 15) is 9.59 Å². The topological polar surface area (TPSA) is 67.2 Å². The number of hydrogen-bond acceptors (Lipinski definition) is 3. The molecule has 0 bridgehead atoms. The van der Waals surface area contributed by atoms with E-state index in [4.69, 9.17) is 11.6 Å². The molecule has 0 aliphatic rings. The second-order valence-corrected chi connectivity index (χ2v) is 5.77. The molecule has 1 rings (SSSR count). The van der Waals surface area contributed by atoms with E-state index < -0.39 is 6.04 Å². The van der Waals surface area contributed by atoms with Crippen molar-refractivity contribution in [2.75, 3.05) is 13.1 Å². The second kappa shape index (κ2) is 9.15. The van der Waals surface area contributed by atoms with Crippen molar-refractivity contribution in [3.63, 3.8) is 0 Å². The highest BCUT2D eigenvalue weighted by atomic mass is 35.5. The first-order chi connectivity index (χ1) is 10.9. The van der Waals surface area contributed by atoms with Gasteiger partial charge in [-0.25, -0.2) is 0 Å². The molecule has 0 saturated carbocycles. The van der Waals surface area contributed by atoms with Gasteiger partial charge in [-0.2, -0.15) is 5.10 Å². The summed E-state index contributed by atoms with van der Waals surface area (Å²) in [7, 11) is 0. The Hall–Kier alpha value is -2.08. The van der Waals surface area contributed by atoms with Crippen molar-refractivity contribution in [1.82, 2.24) is 20.0 Å². The maximum absolute atomic E-state index is 12.3. The zero-order chi connectivity index (χ0) is 17.4. The summed E-state index contributed by atoms with van der Waals surface area (Å²) in [6, 6.07) is -0.619. The maximum atomic E-state index is 12.3. The molecule has 1 aromatic rings. The van der Waals surface area contributed by atoms with Gasteiger partial charge in [-0.1, -0.05) is 30.7 Å². The van der Waals surface area contributed by atoms with Crippen LogP contribution in [0.3, 0.4) is 0 Å². The molecular weight excluding hydrogens is 316 g/mol. The third kappa shape index (κ3) is 5.90. The lowest BCUT2D eigenvalue weighted by Crippen LogP contribution is -2.48. The van der Waals surface area contributed by atoms with Crippen molar-refractivity contribution in [2.24, 2.45) is 5.92 Å². The number of rotatable bonds is 9. The Labute approximate surface area is 141 Å². The van der Waals surface area contributed by atoms with Gasteiger partial charge >= 0.3 is 0 Å². The molecule has 2 atom stereocenters. The number of carbonyl (C=O) groups excluding carboxylic acids is 2. The number of aromatic nitrogens is 2. The van der Waals surface area contributed by atoms with E-state index in [0.717, 1.165) is 0 Å². The summed E-state index contributed by atoms with van der Waals surface area (Å²) in [6.45, 7) is 11.9. The molecule has 0 aliphatic carbocycles. The van der Waals surface area contributed by atoms with Crippen LogP contribution in [0.1, 0.15) is 13.8 Å². The van der Waals surface area contributed by atoms with Crippen LogP contribution < -0.4 is 5.32 Å². The number of hydrogen-bond donors (Lipinski definition) is 1. The minimum absolute atomic E-state index is 0.174. The van der Waals surface area contributed by atoms with Crippen molar-refractivity contribution in [2.45, 2.75) is 26.4 Å². The van der Waals surface area contributed by atoms with Gasteiger partial charge in [0.2, 0.25) is 11.8 Å². The zero-order valence-corrected chi connectivity index (χ0v) is 14.3. The Kier molecular flexibility index (Phi) is 7.54. The molecule has 6 nitrogen and oxygen atoms in total. The van der Waals surface area contributed by atoms with Crippen LogP contribution in [0.4, 0.5) is 0 Å². The molecule has 1 N–H and O–H groups in total. The van der Waals surface area contributed by atoms with Crippen molar-refractivity contribution < 1.29 is 9.59 Å². The Bertz CT molecular complexity index is 560. The smallest absolute Gasteiger partial charge is 0.245 e. The predicted octanol–water partition coefficient (Wildman–Crippen LogP) is 1.88. The lowest BCUT2D eigenvalue weighted by atomic mass is 10.1. The normalized spacial score (nSPS) is 13.0. The van der Waals surface area contributed by atoms with Crippen molar-refractivity contribution in [3.8, 4) is 0 Å². The van der Waals surface area contributed by atoms with E-state index in [1.165, 1.54) is 6.20 Å². The fraction of sp³-hybridized carbons (Fsp3) is 0.438.